The zero-order chi connectivity index (χ0) is 12.1. The number of hydrogen-bond acceptors (Lipinski definition) is 5. The van der Waals surface area contributed by atoms with Gasteiger partial charge in [-0.15, -0.1) is 11.3 Å². The van der Waals surface area contributed by atoms with Gasteiger partial charge in [-0.2, -0.15) is 0 Å². The van der Waals surface area contributed by atoms with Gasteiger partial charge < -0.3 is 10.4 Å². The summed E-state index contributed by atoms with van der Waals surface area (Å²) in [6.07, 6.45) is 3.68. The number of carboxylic acids is 1. The van der Waals surface area contributed by atoms with Gasteiger partial charge >= 0.3 is 5.97 Å². The molecule has 0 fully saturated rings. The van der Waals surface area contributed by atoms with Crippen LogP contribution >= 0.6 is 23.1 Å². The van der Waals surface area contributed by atoms with Gasteiger partial charge in [-0.1, -0.05) is 18.7 Å². The summed E-state index contributed by atoms with van der Waals surface area (Å²) in [5.41, 5.74) is 0. The molecule has 1 aromatic rings. The van der Waals surface area contributed by atoms with Crippen molar-refractivity contribution in [2.24, 2.45) is 0 Å². The molecule has 0 radical (unpaired) electrons. The first-order valence-corrected chi connectivity index (χ1v) is 6.66. The molecule has 1 aromatic heterocycles. The summed E-state index contributed by atoms with van der Waals surface area (Å²) in [4.78, 5) is 26.8. The normalized spacial score (nSPS) is 12.1. The minimum Gasteiger partial charge on any atom is -0.480 e. The number of carboxylic acid groups (broad SMARTS) is 1. The summed E-state index contributed by atoms with van der Waals surface area (Å²) >= 11 is 2.70. The van der Waals surface area contributed by atoms with Gasteiger partial charge in [0, 0.05) is 0 Å². The average Bonchev–Trinajstić information content (AvgIpc) is 2.73. The SMILES string of the molecule is CCC(NC(=O)c1cnc(SC)s1)C(=O)O. The average molecular weight is 260 g/mol. The van der Waals surface area contributed by atoms with Gasteiger partial charge in [-0.25, -0.2) is 9.78 Å². The Bertz CT molecular complexity index is 392. The monoisotopic (exact) mass is 260 g/mol. The van der Waals surface area contributed by atoms with Crippen molar-refractivity contribution in [2.75, 3.05) is 6.26 Å². The largest absolute Gasteiger partial charge is 0.480 e. The fraction of sp³-hybridized carbons (Fsp3) is 0.444. The second-order valence-corrected chi connectivity index (χ2v) is 5.05. The van der Waals surface area contributed by atoms with Crippen LogP contribution in [0.4, 0.5) is 0 Å². The van der Waals surface area contributed by atoms with Crippen LogP contribution in [0.5, 0.6) is 0 Å². The number of nitrogens with zero attached hydrogens (tertiary/aromatic N) is 1. The van der Waals surface area contributed by atoms with E-state index in [2.05, 4.69) is 10.3 Å². The van der Waals surface area contributed by atoms with E-state index in [1.807, 2.05) is 6.26 Å². The summed E-state index contributed by atoms with van der Waals surface area (Å²) in [6.45, 7) is 1.71. The molecule has 0 saturated carbocycles. The maximum absolute atomic E-state index is 11.6. The fourth-order valence-corrected chi connectivity index (χ4v) is 2.34. The first kappa shape index (κ1) is 13.0. The molecule has 88 valence electrons. The van der Waals surface area contributed by atoms with Gasteiger partial charge in [0.05, 0.1) is 6.20 Å². The second-order valence-electron chi connectivity index (χ2n) is 2.97. The van der Waals surface area contributed by atoms with Gasteiger partial charge in [-0.3, -0.25) is 4.79 Å². The molecule has 1 amide bonds. The molecular weight excluding hydrogens is 248 g/mol. The quantitative estimate of drug-likeness (QED) is 0.783. The third kappa shape index (κ3) is 3.21. The third-order valence-corrected chi connectivity index (χ3v) is 3.89. The first-order valence-electron chi connectivity index (χ1n) is 4.62. The van der Waals surface area contributed by atoms with Crippen LogP contribution in [0, 0.1) is 0 Å². The van der Waals surface area contributed by atoms with E-state index in [0.717, 1.165) is 4.34 Å². The molecule has 0 aromatic carbocycles. The highest BCUT2D eigenvalue weighted by Crippen LogP contribution is 2.21. The van der Waals surface area contributed by atoms with E-state index in [-0.39, 0.29) is 5.91 Å². The smallest absolute Gasteiger partial charge is 0.326 e. The van der Waals surface area contributed by atoms with Crippen LogP contribution in [0.25, 0.3) is 0 Å². The number of rotatable bonds is 5. The van der Waals surface area contributed by atoms with Crippen LogP contribution in [0.2, 0.25) is 0 Å². The Morgan fingerprint density at radius 2 is 2.38 bits per heavy atom. The summed E-state index contributed by atoms with van der Waals surface area (Å²) in [7, 11) is 0. The molecule has 7 heteroatoms. The van der Waals surface area contributed by atoms with E-state index >= 15 is 0 Å². The summed E-state index contributed by atoms with van der Waals surface area (Å²) in [5.74, 6) is -1.41. The molecule has 0 aliphatic carbocycles. The predicted octanol–water partition coefficient (Wildman–Crippen LogP) is 1.46. The number of thioether (sulfide) groups is 1. The van der Waals surface area contributed by atoms with E-state index in [0.29, 0.717) is 11.3 Å². The highest BCUT2D eigenvalue weighted by atomic mass is 32.2. The van der Waals surface area contributed by atoms with E-state index in [4.69, 9.17) is 5.11 Å². The summed E-state index contributed by atoms with van der Waals surface area (Å²) in [6, 6.07) is -0.840. The van der Waals surface area contributed by atoms with Crippen LogP contribution in [0.3, 0.4) is 0 Å². The van der Waals surface area contributed by atoms with Crippen molar-refractivity contribution in [3.8, 4) is 0 Å². The Hall–Kier alpha value is -1.08. The van der Waals surface area contributed by atoms with E-state index in [1.54, 1.807) is 6.92 Å². The number of aliphatic carboxylic acids is 1. The Balaban J connectivity index is 2.67. The number of carbonyl (C=O) groups excluding carboxylic acids is 1. The molecule has 1 rings (SSSR count). The molecule has 0 saturated heterocycles. The highest BCUT2D eigenvalue weighted by Gasteiger charge is 2.19. The van der Waals surface area contributed by atoms with Crippen LogP contribution in [-0.2, 0) is 4.79 Å². The Morgan fingerprint density at radius 3 is 2.81 bits per heavy atom. The van der Waals surface area contributed by atoms with Gasteiger partial charge in [0.25, 0.3) is 5.91 Å². The highest BCUT2D eigenvalue weighted by molar-refractivity contribution is 8.00. The van der Waals surface area contributed by atoms with Crippen LogP contribution in [0.15, 0.2) is 10.5 Å². The van der Waals surface area contributed by atoms with E-state index < -0.39 is 12.0 Å². The van der Waals surface area contributed by atoms with Gasteiger partial charge in [0.2, 0.25) is 0 Å². The minimum absolute atomic E-state index is 0.356. The zero-order valence-corrected chi connectivity index (χ0v) is 10.5. The number of hydrogen-bond donors (Lipinski definition) is 2. The molecular formula is C9H12N2O3S2. The lowest BCUT2D eigenvalue weighted by atomic mass is 10.2. The topological polar surface area (TPSA) is 79.3 Å². The van der Waals surface area contributed by atoms with Crippen molar-refractivity contribution in [1.29, 1.82) is 0 Å². The van der Waals surface area contributed by atoms with Crippen LogP contribution < -0.4 is 5.32 Å². The molecule has 0 aliphatic heterocycles. The molecule has 5 nitrogen and oxygen atoms in total. The number of carbonyl (C=O) groups is 2. The van der Waals surface area contributed by atoms with Crippen molar-refractivity contribution in [2.45, 2.75) is 23.7 Å². The lowest BCUT2D eigenvalue weighted by Crippen LogP contribution is -2.39. The van der Waals surface area contributed by atoms with Crippen LogP contribution in [-0.4, -0.2) is 34.3 Å². The number of aromatic nitrogens is 1. The van der Waals surface area contributed by atoms with Crippen molar-refractivity contribution in [3.63, 3.8) is 0 Å². The Kier molecular flexibility index (Phi) is 4.75. The first-order chi connectivity index (χ1) is 7.58. The third-order valence-electron chi connectivity index (χ3n) is 1.89. The lowest BCUT2D eigenvalue weighted by Gasteiger charge is -2.10. The zero-order valence-electron chi connectivity index (χ0n) is 8.89. The second kappa shape index (κ2) is 5.86. The van der Waals surface area contributed by atoms with Crippen molar-refractivity contribution in [1.82, 2.24) is 10.3 Å². The lowest BCUT2D eigenvalue weighted by molar-refractivity contribution is -0.139. The molecule has 0 spiro atoms. The number of thiazole rings is 1. The number of nitrogens with one attached hydrogen (secondary N) is 1. The molecule has 0 aliphatic rings. The Morgan fingerprint density at radius 1 is 1.69 bits per heavy atom. The molecule has 1 heterocycles. The predicted molar refractivity (Wildman–Crippen MR) is 63.1 cm³/mol. The maximum Gasteiger partial charge on any atom is 0.326 e. The van der Waals surface area contributed by atoms with Gasteiger partial charge in [0.15, 0.2) is 0 Å². The van der Waals surface area contributed by atoms with Crippen molar-refractivity contribution in [3.05, 3.63) is 11.1 Å². The standard InChI is InChI=1S/C9H12N2O3S2/c1-3-5(8(13)14)11-7(12)6-4-10-9(15-2)16-6/h4-5H,3H2,1-2H3,(H,11,12)(H,13,14). The van der Waals surface area contributed by atoms with Crippen molar-refractivity contribution < 1.29 is 14.7 Å². The van der Waals surface area contributed by atoms with Gasteiger partial charge in [-0.05, 0) is 12.7 Å². The summed E-state index contributed by atoms with van der Waals surface area (Å²) < 4.78 is 0.786. The molecule has 16 heavy (non-hydrogen) atoms. The number of amides is 1. The van der Waals surface area contributed by atoms with E-state index in [1.165, 1.54) is 29.3 Å². The fourth-order valence-electron chi connectivity index (χ4n) is 1.03. The molecule has 2 N–H and O–H groups in total. The van der Waals surface area contributed by atoms with Crippen molar-refractivity contribution >= 4 is 35.0 Å². The molecule has 1 atom stereocenters. The Labute approximate surface area is 101 Å². The summed E-state index contributed by atoms with van der Waals surface area (Å²) in [5, 5.41) is 11.2. The van der Waals surface area contributed by atoms with Gasteiger partial charge in [0.1, 0.15) is 15.3 Å². The van der Waals surface area contributed by atoms with E-state index in [9.17, 15) is 9.59 Å². The molecule has 1 unspecified atom stereocenters. The minimum atomic E-state index is -1.02. The van der Waals surface area contributed by atoms with Crippen LogP contribution in [0.1, 0.15) is 23.0 Å². The maximum atomic E-state index is 11.6. The molecule has 0 bridgehead atoms.